The summed E-state index contributed by atoms with van der Waals surface area (Å²) in [5.74, 6) is 0. The number of fused-ring (bicyclic) bond motifs is 1. The third-order valence-electron chi connectivity index (χ3n) is 2.25. The predicted molar refractivity (Wildman–Crippen MR) is 54.6 cm³/mol. The first kappa shape index (κ1) is 9.09. The summed E-state index contributed by atoms with van der Waals surface area (Å²) in [6, 6.07) is 8.82. The van der Waals surface area contributed by atoms with Gasteiger partial charge in [0.2, 0.25) is 0 Å². The van der Waals surface area contributed by atoms with Gasteiger partial charge in [0.1, 0.15) is 6.67 Å². The molecule has 0 bridgehead atoms. The molecule has 0 spiro atoms. The zero-order chi connectivity index (χ0) is 9.97. The molecule has 2 nitrogen and oxygen atoms in total. The minimum absolute atomic E-state index is 0.548. The van der Waals surface area contributed by atoms with Crippen molar-refractivity contribution in [1.82, 2.24) is 4.98 Å². The van der Waals surface area contributed by atoms with E-state index in [1.165, 1.54) is 0 Å². The average Bonchev–Trinajstić information content (AvgIpc) is 2.27. The van der Waals surface area contributed by atoms with E-state index >= 15 is 0 Å². The van der Waals surface area contributed by atoms with E-state index in [0.29, 0.717) is 0 Å². The third-order valence-corrected chi connectivity index (χ3v) is 2.25. The van der Waals surface area contributed by atoms with E-state index in [4.69, 9.17) is 5.73 Å². The van der Waals surface area contributed by atoms with Crippen LogP contribution in [0.5, 0.6) is 0 Å². The van der Waals surface area contributed by atoms with Crippen molar-refractivity contribution < 1.29 is 4.39 Å². The van der Waals surface area contributed by atoms with E-state index in [2.05, 4.69) is 4.98 Å². The largest absolute Gasteiger partial charge is 0.322 e. The molecular weight excluding hydrogens is 179 g/mol. The highest BCUT2D eigenvalue weighted by molar-refractivity contribution is 5.82. The fraction of sp³-hybridized carbons (Fsp3) is 0.182. The molecule has 2 aromatic rings. The number of hydrogen-bond donors (Lipinski definition) is 1. The second-order valence-electron chi connectivity index (χ2n) is 3.18. The first-order chi connectivity index (χ1) is 6.83. The van der Waals surface area contributed by atoms with Gasteiger partial charge in [0, 0.05) is 11.6 Å². The fourth-order valence-electron chi connectivity index (χ4n) is 1.52. The first-order valence-corrected chi connectivity index (χ1v) is 4.48. The first-order valence-electron chi connectivity index (χ1n) is 4.48. The number of nitrogens with zero attached hydrogens (tertiary/aromatic N) is 1. The Kier molecular flexibility index (Phi) is 2.41. The van der Waals surface area contributed by atoms with Gasteiger partial charge in [0.15, 0.2) is 0 Å². The van der Waals surface area contributed by atoms with Crippen molar-refractivity contribution in [3.05, 3.63) is 42.1 Å². The van der Waals surface area contributed by atoms with Gasteiger partial charge >= 0.3 is 0 Å². The summed E-state index contributed by atoms with van der Waals surface area (Å²) in [6.45, 7) is -0.548. The average molecular weight is 190 g/mol. The molecule has 2 N–H and O–H groups in total. The Bertz CT molecular complexity index is 437. The molecule has 1 atom stereocenters. The van der Waals surface area contributed by atoms with Crippen LogP contribution in [0.4, 0.5) is 4.39 Å². The zero-order valence-electron chi connectivity index (χ0n) is 7.65. The lowest BCUT2D eigenvalue weighted by molar-refractivity contribution is 0.438. The predicted octanol–water partition coefficient (Wildman–Crippen LogP) is 2.20. The summed E-state index contributed by atoms with van der Waals surface area (Å²) >= 11 is 0. The van der Waals surface area contributed by atoms with Gasteiger partial charge in [-0.1, -0.05) is 18.2 Å². The second kappa shape index (κ2) is 3.72. The van der Waals surface area contributed by atoms with Crippen LogP contribution in [0.1, 0.15) is 11.6 Å². The summed E-state index contributed by atoms with van der Waals surface area (Å²) in [7, 11) is 0. The Hall–Kier alpha value is -1.48. The molecule has 0 aliphatic rings. The van der Waals surface area contributed by atoms with Crippen LogP contribution in [-0.2, 0) is 0 Å². The lowest BCUT2D eigenvalue weighted by Crippen LogP contribution is -2.12. The highest BCUT2D eigenvalue weighted by Gasteiger charge is 2.08. The summed E-state index contributed by atoms with van der Waals surface area (Å²) in [5.41, 5.74) is 7.33. The summed E-state index contributed by atoms with van der Waals surface area (Å²) in [6.07, 6.45) is 1.66. The van der Waals surface area contributed by atoms with Crippen LogP contribution in [0.3, 0.4) is 0 Å². The van der Waals surface area contributed by atoms with Gasteiger partial charge in [-0.05, 0) is 17.7 Å². The topological polar surface area (TPSA) is 38.9 Å². The fourth-order valence-corrected chi connectivity index (χ4v) is 1.52. The lowest BCUT2D eigenvalue weighted by Gasteiger charge is -2.09. The Morgan fingerprint density at radius 2 is 2.07 bits per heavy atom. The standard InChI is InChI=1S/C11H11FN2/c12-7-10(13)8-5-6-14-11-4-2-1-3-9(8)11/h1-6,10H,7,13H2. The highest BCUT2D eigenvalue weighted by atomic mass is 19.1. The maximum Gasteiger partial charge on any atom is 0.109 e. The smallest absolute Gasteiger partial charge is 0.109 e. The van der Waals surface area contributed by atoms with E-state index in [-0.39, 0.29) is 0 Å². The molecule has 0 aliphatic carbocycles. The summed E-state index contributed by atoms with van der Waals surface area (Å²) in [4.78, 5) is 4.18. The van der Waals surface area contributed by atoms with E-state index in [1.54, 1.807) is 12.3 Å². The van der Waals surface area contributed by atoms with Gasteiger partial charge in [-0.2, -0.15) is 0 Å². The molecule has 0 amide bonds. The normalized spacial score (nSPS) is 13.0. The van der Waals surface area contributed by atoms with E-state index in [0.717, 1.165) is 16.5 Å². The highest BCUT2D eigenvalue weighted by Crippen LogP contribution is 2.21. The van der Waals surface area contributed by atoms with Crippen molar-refractivity contribution in [1.29, 1.82) is 0 Å². The van der Waals surface area contributed by atoms with Crippen LogP contribution in [0.25, 0.3) is 10.9 Å². The number of halogens is 1. The van der Waals surface area contributed by atoms with Crippen LogP contribution in [0.15, 0.2) is 36.5 Å². The molecule has 1 unspecified atom stereocenters. The quantitative estimate of drug-likeness (QED) is 0.788. The van der Waals surface area contributed by atoms with Crippen molar-refractivity contribution in [2.24, 2.45) is 5.73 Å². The molecule has 0 fully saturated rings. The second-order valence-corrected chi connectivity index (χ2v) is 3.18. The van der Waals surface area contributed by atoms with Crippen molar-refractivity contribution >= 4 is 10.9 Å². The van der Waals surface area contributed by atoms with Crippen molar-refractivity contribution in [3.63, 3.8) is 0 Å². The van der Waals surface area contributed by atoms with Crippen molar-refractivity contribution in [3.8, 4) is 0 Å². The number of pyridine rings is 1. The molecule has 0 aliphatic heterocycles. The molecule has 1 heterocycles. The van der Waals surface area contributed by atoms with Crippen LogP contribution in [-0.4, -0.2) is 11.7 Å². The zero-order valence-corrected chi connectivity index (χ0v) is 7.65. The molecule has 1 aromatic carbocycles. The molecule has 1 aromatic heterocycles. The van der Waals surface area contributed by atoms with Crippen LogP contribution in [0.2, 0.25) is 0 Å². The molecule has 0 saturated heterocycles. The number of benzene rings is 1. The minimum atomic E-state index is -0.553. The van der Waals surface area contributed by atoms with Gasteiger partial charge in [-0.3, -0.25) is 4.98 Å². The Morgan fingerprint density at radius 1 is 1.29 bits per heavy atom. The van der Waals surface area contributed by atoms with E-state index in [1.807, 2.05) is 24.3 Å². The summed E-state index contributed by atoms with van der Waals surface area (Å²) < 4.78 is 12.5. The van der Waals surface area contributed by atoms with Crippen LogP contribution in [0, 0.1) is 0 Å². The molecule has 0 radical (unpaired) electrons. The number of rotatable bonds is 2. The molecule has 72 valence electrons. The van der Waals surface area contributed by atoms with Crippen LogP contribution >= 0.6 is 0 Å². The molecule has 14 heavy (non-hydrogen) atoms. The van der Waals surface area contributed by atoms with Gasteiger partial charge in [-0.25, -0.2) is 4.39 Å². The molecule has 2 rings (SSSR count). The van der Waals surface area contributed by atoms with E-state index in [9.17, 15) is 4.39 Å². The summed E-state index contributed by atoms with van der Waals surface area (Å²) in [5, 5.41) is 0.931. The van der Waals surface area contributed by atoms with E-state index < -0.39 is 12.7 Å². The lowest BCUT2D eigenvalue weighted by atomic mass is 10.0. The Balaban J connectivity index is 2.65. The minimum Gasteiger partial charge on any atom is -0.322 e. The van der Waals surface area contributed by atoms with Gasteiger partial charge in [0.05, 0.1) is 11.6 Å². The maximum absolute atomic E-state index is 12.5. The molecular formula is C11H11FN2. The third kappa shape index (κ3) is 1.46. The number of aromatic nitrogens is 1. The van der Waals surface area contributed by atoms with Crippen molar-refractivity contribution in [2.75, 3.05) is 6.67 Å². The maximum atomic E-state index is 12.5. The number of nitrogens with two attached hydrogens (primary N) is 1. The Morgan fingerprint density at radius 3 is 2.86 bits per heavy atom. The monoisotopic (exact) mass is 190 g/mol. The molecule has 3 heteroatoms. The van der Waals surface area contributed by atoms with Gasteiger partial charge < -0.3 is 5.73 Å². The Labute approximate surface area is 81.6 Å². The van der Waals surface area contributed by atoms with Gasteiger partial charge in [0.25, 0.3) is 0 Å². The number of hydrogen-bond acceptors (Lipinski definition) is 2. The number of para-hydroxylation sites is 1. The number of alkyl halides is 1. The molecule has 0 saturated carbocycles. The van der Waals surface area contributed by atoms with Gasteiger partial charge in [-0.15, -0.1) is 0 Å². The SMILES string of the molecule is NC(CF)c1ccnc2ccccc12. The van der Waals surface area contributed by atoms with Crippen LogP contribution < -0.4 is 5.73 Å². The van der Waals surface area contributed by atoms with Crippen molar-refractivity contribution in [2.45, 2.75) is 6.04 Å².